The van der Waals surface area contributed by atoms with Gasteiger partial charge >= 0.3 is 0 Å². The summed E-state index contributed by atoms with van der Waals surface area (Å²) in [5, 5.41) is 11.2. The number of carbonyl (C=O) groups is 2. The molecule has 0 bridgehead atoms. The molecule has 0 aliphatic carbocycles. The number of ketones is 1. The van der Waals surface area contributed by atoms with Gasteiger partial charge in [-0.25, -0.2) is 0 Å². The highest BCUT2D eigenvalue weighted by Gasteiger charge is 2.45. The second-order valence-corrected chi connectivity index (χ2v) is 8.87. The summed E-state index contributed by atoms with van der Waals surface area (Å²) in [5.74, 6) is -0.656. The van der Waals surface area contributed by atoms with E-state index in [0.717, 1.165) is 50.9 Å². The molecule has 1 saturated heterocycles. The summed E-state index contributed by atoms with van der Waals surface area (Å²) in [6, 6.07) is 15.8. The molecular formula is C29H38N2O4. The van der Waals surface area contributed by atoms with Crippen molar-refractivity contribution < 1.29 is 19.4 Å². The van der Waals surface area contributed by atoms with E-state index in [1.54, 1.807) is 29.2 Å². The summed E-state index contributed by atoms with van der Waals surface area (Å²) in [5.41, 5.74) is 1.41. The molecule has 3 rings (SSSR count). The number of ether oxygens (including phenoxy) is 1. The quantitative estimate of drug-likeness (QED) is 0.180. The molecular weight excluding hydrogens is 440 g/mol. The van der Waals surface area contributed by atoms with E-state index in [2.05, 4.69) is 25.7 Å². The Labute approximate surface area is 209 Å². The van der Waals surface area contributed by atoms with Crippen LogP contribution < -0.4 is 4.74 Å². The number of benzene rings is 2. The highest BCUT2D eigenvalue weighted by molar-refractivity contribution is 6.46. The SMILES string of the molecule is CCCCCOc1cccc([C@@H]2C(=C(O)c3ccccc3)C(=O)C(=O)N2CCCN(CC)CC)c1. The van der Waals surface area contributed by atoms with Gasteiger partial charge in [-0.15, -0.1) is 0 Å². The monoisotopic (exact) mass is 478 g/mol. The van der Waals surface area contributed by atoms with Gasteiger partial charge in [-0.3, -0.25) is 9.59 Å². The topological polar surface area (TPSA) is 70.1 Å². The van der Waals surface area contributed by atoms with Crippen LogP contribution in [0.15, 0.2) is 60.2 Å². The Hall–Kier alpha value is -3.12. The van der Waals surface area contributed by atoms with Gasteiger partial charge in [0, 0.05) is 12.1 Å². The van der Waals surface area contributed by atoms with Gasteiger partial charge in [0.05, 0.1) is 18.2 Å². The van der Waals surface area contributed by atoms with Crippen molar-refractivity contribution in [2.75, 3.05) is 32.8 Å². The molecule has 2 aromatic carbocycles. The van der Waals surface area contributed by atoms with Crippen molar-refractivity contribution in [3.8, 4) is 5.75 Å². The summed E-state index contributed by atoms with van der Waals surface area (Å²) in [6.45, 7) is 10.1. The lowest BCUT2D eigenvalue weighted by Gasteiger charge is -2.27. The van der Waals surface area contributed by atoms with E-state index in [1.165, 1.54) is 0 Å². The molecule has 1 amide bonds. The lowest BCUT2D eigenvalue weighted by atomic mass is 9.95. The molecule has 188 valence electrons. The molecule has 6 heteroatoms. The number of amides is 1. The minimum Gasteiger partial charge on any atom is -0.507 e. The van der Waals surface area contributed by atoms with Crippen LogP contribution in [0.2, 0.25) is 0 Å². The third-order valence-electron chi connectivity index (χ3n) is 6.55. The minimum absolute atomic E-state index is 0.132. The van der Waals surface area contributed by atoms with Gasteiger partial charge in [-0.2, -0.15) is 0 Å². The predicted molar refractivity (Wildman–Crippen MR) is 139 cm³/mol. The molecule has 2 aromatic rings. The summed E-state index contributed by atoms with van der Waals surface area (Å²) in [7, 11) is 0. The van der Waals surface area contributed by atoms with Crippen LogP contribution >= 0.6 is 0 Å². The normalized spacial score (nSPS) is 17.4. The Bertz CT molecular complexity index is 1010. The van der Waals surface area contributed by atoms with Crippen molar-refractivity contribution in [3.05, 3.63) is 71.3 Å². The van der Waals surface area contributed by atoms with Gasteiger partial charge < -0.3 is 19.6 Å². The number of Topliss-reactive ketones (excluding diaryl/α,β-unsaturated/α-hetero) is 1. The zero-order valence-electron chi connectivity index (χ0n) is 21.2. The molecule has 1 heterocycles. The number of hydrogen-bond acceptors (Lipinski definition) is 5. The van der Waals surface area contributed by atoms with E-state index < -0.39 is 17.7 Å². The number of aliphatic hydroxyl groups is 1. The van der Waals surface area contributed by atoms with Crippen molar-refractivity contribution in [2.24, 2.45) is 0 Å². The molecule has 0 radical (unpaired) electrons. The Morgan fingerprint density at radius 2 is 1.71 bits per heavy atom. The molecule has 1 fully saturated rings. The number of hydrogen-bond donors (Lipinski definition) is 1. The fourth-order valence-corrected chi connectivity index (χ4v) is 4.53. The number of unbranched alkanes of at least 4 members (excludes halogenated alkanes) is 2. The lowest BCUT2D eigenvalue weighted by Crippen LogP contribution is -2.33. The molecule has 1 atom stereocenters. The summed E-state index contributed by atoms with van der Waals surface area (Å²) in [6.07, 6.45) is 3.93. The predicted octanol–water partition coefficient (Wildman–Crippen LogP) is 5.41. The van der Waals surface area contributed by atoms with Gasteiger partial charge in [0.15, 0.2) is 0 Å². The molecule has 1 N–H and O–H groups in total. The van der Waals surface area contributed by atoms with Gasteiger partial charge in [0.1, 0.15) is 11.5 Å². The molecule has 1 aliphatic rings. The maximum Gasteiger partial charge on any atom is 0.295 e. The van der Waals surface area contributed by atoms with E-state index in [1.807, 2.05) is 30.3 Å². The van der Waals surface area contributed by atoms with Crippen LogP contribution in [-0.2, 0) is 9.59 Å². The van der Waals surface area contributed by atoms with E-state index >= 15 is 0 Å². The first-order valence-electron chi connectivity index (χ1n) is 12.8. The maximum absolute atomic E-state index is 13.2. The lowest BCUT2D eigenvalue weighted by molar-refractivity contribution is -0.140. The molecule has 0 unspecified atom stereocenters. The third-order valence-corrected chi connectivity index (χ3v) is 6.55. The van der Waals surface area contributed by atoms with Crippen molar-refractivity contribution >= 4 is 17.4 Å². The first-order valence-corrected chi connectivity index (χ1v) is 12.8. The molecule has 0 saturated carbocycles. The second-order valence-electron chi connectivity index (χ2n) is 8.87. The molecule has 0 spiro atoms. The van der Waals surface area contributed by atoms with Crippen LogP contribution in [0.5, 0.6) is 5.75 Å². The van der Waals surface area contributed by atoms with E-state index in [4.69, 9.17) is 4.74 Å². The first-order chi connectivity index (χ1) is 17.0. The van der Waals surface area contributed by atoms with Crippen molar-refractivity contribution in [1.82, 2.24) is 9.80 Å². The standard InChI is InChI=1S/C29H38N2O4/c1-4-7-11-20-35-24-17-12-16-23(21-24)26-25(27(32)22-14-9-8-10-15-22)28(33)29(34)31(26)19-13-18-30(5-2)6-3/h8-10,12,14-17,21,26,32H,4-7,11,13,18-20H2,1-3H3/t26-/m1/s1. The summed E-state index contributed by atoms with van der Waals surface area (Å²) in [4.78, 5) is 30.3. The van der Waals surface area contributed by atoms with Gasteiger partial charge in [-0.05, 0) is 50.2 Å². The molecule has 6 nitrogen and oxygen atoms in total. The zero-order valence-corrected chi connectivity index (χ0v) is 21.2. The fraction of sp³-hybridized carbons (Fsp3) is 0.448. The van der Waals surface area contributed by atoms with Gasteiger partial charge in [-0.1, -0.05) is 76.1 Å². The smallest absolute Gasteiger partial charge is 0.295 e. The largest absolute Gasteiger partial charge is 0.507 e. The Balaban J connectivity index is 1.96. The number of carbonyl (C=O) groups excluding carboxylic acids is 2. The van der Waals surface area contributed by atoms with Gasteiger partial charge in [0.25, 0.3) is 11.7 Å². The molecule has 1 aliphatic heterocycles. The molecule has 35 heavy (non-hydrogen) atoms. The third kappa shape index (κ3) is 6.51. The van der Waals surface area contributed by atoms with Crippen LogP contribution in [0, 0.1) is 0 Å². The van der Waals surface area contributed by atoms with Crippen molar-refractivity contribution in [2.45, 2.75) is 52.5 Å². The number of aliphatic hydroxyl groups excluding tert-OH is 1. The molecule has 0 aromatic heterocycles. The van der Waals surface area contributed by atoms with E-state index in [0.29, 0.717) is 24.5 Å². The Morgan fingerprint density at radius 3 is 2.40 bits per heavy atom. The fourth-order valence-electron chi connectivity index (χ4n) is 4.53. The highest BCUT2D eigenvalue weighted by Crippen LogP contribution is 2.40. The Morgan fingerprint density at radius 1 is 0.971 bits per heavy atom. The number of nitrogens with zero attached hydrogens (tertiary/aromatic N) is 2. The van der Waals surface area contributed by atoms with Crippen molar-refractivity contribution in [1.29, 1.82) is 0 Å². The minimum atomic E-state index is -0.661. The Kier molecular flexibility index (Phi) is 9.91. The van der Waals surface area contributed by atoms with Crippen LogP contribution in [0.1, 0.15) is 63.6 Å². The second kappa shape index (κ2) is 13.1. The highest BCUT2D eigenvalue weighted by atomic mass is 16.5. The first kappa shape index (κ1) is 26.5. The van der Waals surface area contributed by atoms with E-state index in [-0.39, 0.29) is 11.3 Å². The zero-order chi connectivity index (χ0) is 25.2. The van der Waals surface area contributed by atoms with Gasteiger partial charge in [0.2, 0.25) is 0 Å². The van der Waals surface area contributed by atoms with E-state index in [9.17, 15) is 14.7 Å². The average molecular weight is 479 g/mol. The van der Waals surface area contributed by atoms with Crippen LogP contribution in [0.3, 0.4) is 0 Å². The summed E-state index contributed by atoms with van der Waals surface area (Å²) < 4.78 is 5.95. The van der Waals surface area contributed by atoms with Crippen molar-refractivity contribution in [3.63, 3.8) is 0 Å². The van der Waals surface area contributed by atoms with Crippen LogP contribution in [-0.4, -0.2) is 59.4 Å². The number of rotatable bonds is 13. The van der Waals surface area contributed by atoms with Crippen LogP contribution in [0.25, 0.3) is 5.76 Å². The van der Waals surface area contributed by atoms with Crippen LogP contribution in [0.4, 0.5) is 0 Å². The number of likely N-dealkylation sites (tertiary alicyclic amines) is 1. The summed E-state index contributed by atoms with van der Waals surface area (Å²) >= 11 is 0. The maximum atomic E-state index is 13.2. The average Bonchev–Trinajstić information content (AvgIpc) is 3.14.